The number of aliphatic hydroxyl groups is 1. The average Bonchev–Trinajstić information content (AvgIpc) is 3.42. The summed E-state index contributed by atoms with van der Waals surface area (Å²) in [5.74, 6) is 0.813. The molecule has 2 aliphatic heterocycles. The second kappa shape index (κ2) is 6.10. The number of ether oxygens (including phenoxy) is 3. The van der Waals surface area contributed by atoms with Gasteiger partial charge in [0.25, 0.3) is 0 Å². The molecule has 1 aromatic carbocycles. The summed E-state index contributed by atoms with van der Waals surface area (Å²) in [5.41, 5.74) is 0.540. The zero-order chi connectivity index (χ0) is 19.9. The molecule has 0 amide bonds. The number of benzene rings is 1. The molecule has 29 heavy (non-hydrogen) atoms. The van der Waals surface area contributed by atoms with Gasteiger partial charge < -0.3 is 24.4 Å². The molecule has 2 bridgehead atoms. The number of rotatable bonds is 3. The third-order valence-electron chi connectivity index (χ3n) is 8.45. The van der Waals surface area contributed by atoms with Crippen LogP contribution in [0.1, 0.15) is 49.7 Å². The molecule has 0 aromatic heterocycles. The van der Waals surface area contributed by atoms with Crippen LogP contribution in [-0.4, -0.2) is 66.0 Å². The van der Waals surface area contributed by atoms with Crippen molar-refractivity contribution >= 4 is 0 Å². The van der Waals surface area contributed by atoms with E-state index in [4.69, 9.17) is 14.2 Å². The van der Waals surface area contributed by atoms with Crippen LogP contribution in [0, 0.1) is 5.92 Å². The Morgan fingerprint density at radius 3 is 2.69 bits per heavy atom. The Kier molecular flexibility index (Phi) is 3.87. The highest BCUT2D eigenvalue weighted by molar-refractivity contribution is 5.58. The minimum atomic E-state index is -0.891. The summed E-state index contributed by atoms with van der Waals surface area (Å²) in [6.45, 7) is 3.22. The van der Waals surface area contributed by atoms with Crippen molar-refractivity contribution in [1.82, 2.24) is 4.90 Å². The van der Waals surface area contributed by atoms with Crippen molar-refractivity contribution < 1.29 is 24.4 Å². The number of piperidine rings is 1. The van der Waals surface area contributed by atoms with Crippen molar-refractivity contribution in [1.29, 1.82) is 0 Å². The topological polar surface area (TPSA) is 71.4 Å². The highest BCUT2D eigenvalue weighted by atomic mass is 16.7. The van der Waals surface area contributed by atoms with Gasteiger partial charge >= 0.3 is 0 Å². The molecule has 0 radical (unpaired) electrons. The van der Waals surface area contributed by atoms with E-state index in [9.17, 15) is 10.2 Å². The molecule has 3 aliphatic carbocycles. The highest BCUT2D eigenvalue weighted by Gasteiger charge is 2.69. The lowest BCUT2D eigenvalue weighted by Gasteiger charge is -2.65. The standard InChI is InChI=1S/C23H31NO5/c1-27-17-5-4-16-12-18-23(26)7-6-22(28-10-11-29-22)14-21(23,19(16)20(17)25)8-9-24(18)13-15-2-3-15/h4-5,15,18,25-26H,2-3,6-14H2,1H3/t18-,21-,23?/m1/s1. The van der Waals surface area contributed by atoms with Gasteiger partial charge in [0.05, 0.1) is 25.9 Å². The molecule has 1 unspecified atom stereocenters. The van der Waals surface area contributed by atoms with Crippen molar-refractivity contribution in [3.8, 4) is 11.5 Å². The fourth-order valence-electron chi connectivity index (χ4n) is 6.92. The maximum absolute atomic E-state index is 12.3. The number of phenolic OH excluding ortho intramolecular Hbond substituents is 1. The molecular formula is C23H31NO5. The van der Waals surface area contributed by atoms with Gasteiger partial charge in [0.2, 0.25) is 0 Å². The second-order valence-electron chi connectivity index (χ2n) is 9.85. The van der Waals surface area contributed by atoms with Crippen molar-refractivity contribution in [2.45, 2.75) is 67.8 Å². The van der Waals surface area contributed by atoms with Gasteiger partial charge in [-0.15, -0.1) is 0 Å². The van der Waals surface area contributed by atoms with Crippen LogP contribution < -0.4 is 4.74 Å². The maximum Gasteiger partial charge on any atom is 0.169 e. The number of phenols is 1. The molecule has 2 N–H and O–H groups in total. The maximum atomic E-state index is 12.3. The van der Waals surface area contributed by atoms with E-state index in [2.05, 4.69) is 11.0 Å². The lowest BCUT2D eigenvalue weighted by Crippen LogP contribution is -2.75. The van der Waals surface area contributed by atoms with Crippen LogP contribution in [0.3, 0.4) is 0 Å². The minimum Gasteiger partial charge on any atom is -0.504 e. The zero-order valence-electron chi connectivity index (χ0n) is 17.2. The van der Waals surface area contributed by atoms with Crippen molar-refractivity contribution in [2.24, 2.45) is 5.92 Å². The summed E-state index contributed by atoms with van der Waals surface area (Å²) in [4.78, 5) is 2.54. The Morgan fingerprint density at radius 2 is 1.97 bits per heavy atom. The molecule has 1 spiro atoms. The van der Waals surface area contributed by atoms with E-state index in [0.717, 1.165) is 43.0 Å². The van der Waals surface area contributed by atoms with Crippen molar-refractivity contribution in [3.63, 3.8) is 0 Å². The Hall–Kier alpha value is -1.34. The Bertz CT molecular complexity index is 833. The molecule has 2 saturated heterocycles. The third-order valence-corrected chi connectivity index (χ3v) is 8.45. The molecule has 6 heteroatoms. The van der Waals surface area contributed by atoms with Gasteiger partial charge in [0, 0.05) is 36.4 Å². The number of hydrogen-bond acceptors (Lipinski definition) is 6. The monoisotopic (exact) mass is 401 g/mol. The van der Waals surface area contributed by atoms with E-state index in [1.165, 1.54) is 12.8 Å². The lowest BCUT2D eigenvalue weighted by atomic mass is 9.48. The van der Waals surface area contributed by atoms with Gasteiger partial charge in [0.15, 0.2) is 17.3 Å². The molecule has 4 fully saturated rings. The number of aromatic hydroxyl groups is 1. The summed E-state index contributed by atoms with van der Waals surface area (Å²) >= 11 is 0. The molecule has 1 aromatic rings. The average molecular weight is 402 g/mol. The van der Waals surface area contributed by atoms with Gasteiger partial charge in [-0.2, -0.15) is 0 Å². The number of nitrogens with zero attached hydrogens (tertiary/aromatic N) is 1. The van der Waals surface area contributed by atoms with E-state index < -0.39 is 16.8 Å². The number of hydrogen-bond donors (Lipinski definition) is 2. The number of fused-ring (bicyclic) bond motifs is 1. The normalized spacial score (nSPS) is 37.9. The van der Waals surface area contributed by atoms with Crippen LogP contribution >= 0.6 is 0 Å². The van der Waals surface area contributed by atoms with Crippen LogP contribution in [-0.2, 0) is 21.3 Å². The molecule has 6 rings (SSSR count). The Morgan fingerprint density at radius 1 is 1.17 bits per heavy atom. The molecule has 158 valence electrons. The largest absolute Gasteiger partial charge is 0.504 e. The van der Waals surface area contributed by atoms with Crippen LogP contribution in [0.15, 0.2) is 12.1 Å². The van der Waals surface area contributed by atoms with Crippen LogP contribution in [0.25, 0.3) is 0 Å². The third kappa shape index (κ3) is 2.43. The Balaban J connectivity index is 1.52. The first-order valence-electron chi connectivity index (χ1n) is 11.1. The van der Waals surface area contributed by atoms with Crippen LogP contribution in [0.5, 0.6) is 11.5 Å². The summed E-state index contributed by atoms with van der Waals surface area (Å²) in [5, 5.41) is 23.6. The zero-order valence-corrected chi connectivity index (χ0v) is 17.2. The second-order valence-corrected chi connectivity index (χ2v) is 9.85. The first-order chi connectivity index (χ1) is 14.0. The van der Waals surface area contributed by atoms with E-state index in [1.54, 1.807) is 7.11 Å². The molecule has 3 atom stereocenters. The van der Waals surface area contributed by atoms with Crippen LogP contribution in [0.4, 0.5) is 0 Å². The van der Waals surface area contributed by atoms with Crippen molar-refractivity contribution in [3.05, 3.63) is 23.3 Å². The molecule has 2 saturated carbocycles. The first-order valence-corrected chi connectivity index (χ1v) is 11.1. The highest BCUT2D eigenvalue weighted by Crippen LogP contribution is 2.63. The van der Waals surface area contributed by atoms with E-state index >= 15 is 0 Å². The fraction of sp³-hybridized carbons (Fsp3) is 0.739. The first kappa shape index (κ1) is 18.4. The van der Waals surface area contributed by atoms with Gasteiger partial charge in [-0.3, -0.25) is 4.90 Å². The smallest absolute Gasteiger partial charge is 0.169 e. The van der Waals surface area contributed by atoms with E-state index in [0.29, 0.717) is 38.2 Å². The summed E-state index contributed by atoms with van der Waals surface area (Å²) in [7, 11) is 1.58. The number of methoxy groups -OCH3 is 1. The molecule has 2 heterocycles. The summed E-state index contributed by atoms with van der Waals surface area (Å²) in [6.07, 6.45) is 6.13. The van der Waals surface area contributed by atoms with Gasteiger partial charge in [-0.05, 0) is 56.2 Å². The fourth-order valence-corrected chi connectivity index (χ4v) is 6.92. The quantitative estimate of drug-likeness (QED) is 0.810. The molecular weight excluding hydrogens is 370 g/mol. The SMILES string of the molecule is COc1ccc2c(c1O)[C@]13CCN(CC4CC4)[C@H](C2)C1(O)CCC1(C3)OCCO1. The minimum absolute atomic E-state index is 0.0795. The molecule has 6 nitrogen and oxygen atoms in total. The number of likely N-dealkylation sites (tertiary alicyclic amines) is 1. The predicted molar refractivity (Wildman–Crippen MR) is 106 cm³/mol. The van der Waals surface area contributed by atoms with E-state index in [-0.39, 0.29) is 11.8 Å². The summed E-state index contributed by atoms with van der Waals surface area (Å²) in [6, 6.07) is 4.02. The van der Waals surface area contributed by atoms with Gasteiger partial charge in [-0.25, -0.2) is 0 Å². The molecule has 5 aliphatic rings. The van der Waals surface area contributed by atoms with Crippen molar-refractivity contribution in [2.75, 3.05) is 33.4 Å². The Labute approximate surface area is 171 Å². The predicted octanol–water partition coefficient (Wildman–Crippen LogP) is 2.34. The summed E-state index contributed by atoms with van der Waals surface area (Å²) < 4.78 is 17.7. The lowest BCUT2D eigenvalue weighted by molar-refractivity contribution is -0.259. The van der Waals surface area contributed by atoms with E-state index in [1.807, 2.05) is 6.07 Å². The van der Waals surface area contributed by atoms with Gasteiger partial charge in [0.1, 0.15) is 0 Å². The van der Waals surface area contributed by atoms with Gasteiger partial charge in [-0.1, -0.05) is 6.07 Å². The van der Waals surface area contributed by atoms with Crippen LogP contribution in [0.2, 0.25) is 0 Å².